The first-order chi connectivity index (χ1) is 7.02. The number of rotatable bonds is 0. The maximum atomic E-state index is 9.10. The van der Waals surface area contributed by atoms with Crippen LogP contribution < -0.4 is 5.73 Å². The highest BCUT2D eigenvalue weighted by Crippen LogP contribution is 2.33. The van der Waals surface area contributed by atoms with E-state index in [9.17, 15) is 0 Å². The van der Waals surface area contributed by atoms with E-state index in [1.165, 1.54) is 16.9 Å². The zero-order valence-electron chi connectivity index (χ0n) is 7.84. The number of carboxylic acids is 2. The molecule has 0 bridgehead atoms. The summed E-state index contributed by atoms with van der Waals surface area (Å²) in [7, 11) is 0. The second kappa shape index (κ2) is 4.90. The third kappa shape index (κ3) is 3.03. The van der Waals surface area contributed by atoms with Crippen LogP contribution in [0.2, 0.25) is 0 Å². The van der Waals surface area contributed by atoms with Crippen LogP contribution in [0, 0.1) is 0 Å². The molecule has 1 aliphatic rings. The van der Waals surface area contributed by atoms with Crippen molar-refractivity contribution in [3.63, 3.8) is 0 Å². The first-order valence-corrected chi connectivity index (χ1v) is 5.18. The van der Waals surface area contributed by atoms with Crippen molar-refractivity contribution in [2.45, 2.75) is 18.9 Å². The molecule has 0 radical (unpaired) electrons. The van der Waals surface area contributed by atoms with Crippen LogP contribution in [0.15, 0.2) is 11.4 Å². The Kier molecular flexibility index (Phi) is 3.81. The van der Waals surface area contributed by atoms with Gasteiger partial charge in [0.25, 0.3) is 0 Å². The highest BCUT2D eigenvalue weighted by atomic mass is 32.1. The molecular weight excluding hydrogens is 218 g/mol. The Hall–Kier alpha value is -1.40. The van der Waals surface area contributed by atoms with Crippen LogP contribution in [0.5, 0.6) is 0 Å². The van der Waals surface area contributed by atoms with Gasteiger partial charge in [-0.15, -0.1) is 11.3 Å². The van der Waals surface area contributed by atoms with Gasteiger partial charge in [0.1, 0.15) is 0 Å². The third-order valence-electron chi connectivity index (χ3n) is 2.03. The van der Waals surface area contributed by atoms with Gasteiger partial charge in [0, 0.05) is 10.9 Å². The standard InChI is InChI=1S/C7H9NS.C2H2O4/c8-6-2-1-5-3-4-9-7(5)6;3-1(4)2(5)6/h3-4,6H,1-2,8H2;(H,3,4)(H,5,6). The highest BCUT2D eigenvalue weighted by molar-refractivity contribution is 7.10. The lowest BCUT2D eigenvalue weighted by Gasteiger charge is -1.96. The number of carboxylic acid groups (broad SMARTS) is 2. The number of fused-ring (bicyclic) bond motifs is 1. The summed E-state index contributed by atoms with van der Waals surface area (Å²) < 4.78 is 0. The highest BCUT2D eigenvalue weighted by Gasteiger charge is 2.19. The maximum absolute atomic E-state index is 9.10. The van der Waals surface area contributed by atoms with Crippen LogP contribution >= 0.6 is 11.3 Å². The van der Waals surface area contributed by atoms with Crippen molar-refractivity contribution in [2.24, 2.45) is 5.73 Å². The molecule has 0 amide bonds. The SMILES string of the molecule is NC1CCc2ccsc21.O=C(O)C(=O)O. The molecule has 5 nitrogen and oxygen atoms in total. The molecular formula is C9H11NO4S. The monoisotopic (exact) mass is 229 g/mol. The molecule has 1 aromatic heterocycles. The van der Waals surface area contributed by atoms with Crippen LogP contribution in [-0.2, 0) is 16.0 Å². The van der Waals surface area contributed by atoms with Crippen molar-refractivity contribution in [1.82, 2.24) is 0 Å². The van der Waals surface area contributed by atoms with Gasteiger partial charge < -0.3 is 15.9 Å². The molecule has 0 saturated heterocycles. The molecule has 15 heavy (non-hydrogen) atoms. The van der Waals surface area contributed by atoms with Crippen LogP contribution in [0.3, 0.4) is 0 Å². The molecule has 4 N–H and O–H groups in total. The lowest BCUT2D eigenvalue weighted by molar-refractivity contribution is -0.159. The van der Waals surface area contributed by atoms with Crippen LogP contribution in [0.1, 0.15) is 22.9 Å². The third-order valence-corrected chi connectivity index (χ3v) is 3.12. The molecule has 1 atom stereocenters. The first kappa shape index (κ1) is 11.7. The minimum absolute atomic E-state index is 0.347. The fraction of sp³-hybridized carbons (Fsp3) is 0.333. The van der Waals surface area contributed by atoms with E-state index < -0.39 is 11.9 Å². The molecule has 0 aromatic carbocycles. The average molecular weight is 229 g/mol. The van der Waals surface area contributed by atoms with Gasteiger partial charge in [0.05, 0.1) is 0 Å². The van der Waals surface area contributed by atoms with E-state index in [0.29, 0.717) is 6.04 Å². The Balaban J connectivity index is 0.000000167. The molecule has 82 valence electrons. The van der Waals surface area contributed by atoms with Crippen molar-refractivity contribution in [1.29, 1.82) is 0 Å². The van der Waals surface area contributed by atoms with Gasteiger partial charge in [0.15, 0.2) is 0 Å². The van der Waals surface area contributed by atoms with E-state index in [4.69, 9.17) is 25.5 Å². The Morgan fingerprint density at radius 1 is 1.40 bits per heavy atom. The molecule has 0 spiro atoms. The lowest BCUT2D eigenvalue weighted by atomic mass is 10.3. The van der Waals surface area contributed by atoms with Crippen molar-refractivity contribution < 1.29 is 19.8 Å². The fourth-order valence-corrected chi connectivity index (χ4v) is 2.31. The van der Waals surface area contributed by atoms with E-state index in [0.717, 1.165) is 6.42 Å². The number of hydrogen-bond donors (Lipinski definition) is 3. The van der Waals surface area contributed by atoms with E-state index in [-0.39, 0.29) is 0 Å². The number of nitrogens with two attached hydrogens (primary N) is 1. The fourth-order valence-electron chi connectivity index (χ4n) is 1.32. The van der Waals surface area contributed by atoms with Crippen LogP contribution in [-0.4, -0.2) is 22.2 Å². The summed E-state index contributed by atoms with van der Waals surface area (Å²) in [5, 5.41) is 16.9. The molecule has 1 heterocycles. The predicted molar refractivity (Wildman–Crippen MR) is 54.8 cm³/mol. The summed E-state index contributed by atoms with van der Waals surface area (Å²) in [5.41, 5.74) is 7.28. The number of carbonyl (C=O) groups is 2. The second-order valence-corrected chi connectivity index (χ2v) is 4.01. The van der Waals surface area contributed by atoms with Crippen molar-refractivity contribution >= 4 is 23.3 Å². The zero-order chi connectivity index (χ0) is 11.4. The minimum atomic E-state index is -1.82. The quantitative estimate of drug-likeness (QED) is 0.572. The van der Waals surface area contributed by atoms with Gasteiger partial charge in [-0.25, -0.2) is 9.59 Å². The Morgan fingerprint density at radius 2 is 2.00 bits per heavy atom. The Labute approximate surface area is 90.1 Å². The topological polar surface area (TPSA) is 101 Å². The molecule has 1 aromatic rings. The smallest absolute Gasteiger partial charge is 0.414 e. The summed E-state index contributed by atoms with van der Waals surface area (Å²) in [6.45, 7) is 0. The Bertz CT molecular complexity index is 362. The van der Waals surface area contributed by atoms with E-state index in [1.807, 2.05) is 0 Å². The summed E-state index contributed by atoms with van der Waals surface area (Å²) >= 11 is 1.80. The summed E-state index contributed by atoms with van der Waals surface area (Å²) in [6, 6.07) is 2.53. The van der Waals surface area contributed by atoms with Crippen molar-refractivity contribution in [3.8, 4) is 0 Å². The molecule has 1 aliphatic carbocycles. The zero-order valence-corrected chi connectivity index (χ0v) is 8.66. The maximum Gasteiger partial charge on any atom is 0.414 e. The van der Waals surface area contributed by atoms with Crippen LogP contribution in [0.25, 0.3) is 0 Å². The largest absolute Gasteiger partial charge is 0.473 e. The predicted octanol–water partition coefficient (Wildman–Crippen LogP) is 0.850. The summed E-state index contributed by atoms with van der Waals surface area (Å²) in [4.78, 5) is 19.6. The number of aliphatic carboxylic acids is 2. The molecule has 0 saturated carbocycles. The van der Waals surface area contributed by atoms with Crippen molar-refractivity contribution in [3.05, 3.63) is 21.9 Å². The second-order valence-electron chi connectivity index (χ2n) is 3.07. The van der Waals surface area contributed by atoms with Crippen LogP contribution in [0.4, 0.5) is 0 Å². The number of aryl methyl sites for hydroxylation is 1. The Morgan fingerprint density at radius 3 is 2.47 bits per heavy atom. The molecule has 0 aliphatic heterocycles. The van der Waals surface area contributed by atoms with E-state index >= 15 is 0 Å². The van der Waals surface area contributed by atoms with Gasteiger partial charge in [-0.1, -0.05) is 0 Å². The normalized spacial score (nSPS) is 17.5. The molecule has 0 fully saturated rings. The van der Waals surface area contributed by atoms with Gasteiger partial charge >= 0.3 is 11.9 Å². The number of thiophene rings is 1. The molecule has 1 unspecified atom stereocenters. The first-order valence-electron chi connectivity index (χ1n) is 4.30. The van der Waals surface area contributed by atoms with Gasteiger partial charge in [-0.2, -0.15) is 0 Å². The van der Waals surface area contributed by atoms with Gasteiger partial charge in [-0.05, 0) is 29.9 Å². The summed E-state index contributed by atoms with van der Waals surface area (Å²) in [5.74, 6) is -3.65. The molecule has 2 rings (SSSR count). The average Bonchev–Trinajstić information content (AvgIpc) is 2.72. The van der Waals surface area contributed by atoms with E-state index in [1.54, 1.807) is 11.3 Å². The minimum Gasteiger partial charge on any atom is -0.473 e. The van der Waals surface area contributed by atoms with Gasteiger partial charge in [0.2, 0.25) is 0 Å². The van der Waals surface area contributed by atoms with Gasteiger partial charge in [-0.3, -0.25) is 0 Å². The van der Waals surface area contributed by atoms with Crippen molar-refractivity contribution in [2.75, 3.05) is 0 Å². The number of hydrogen-bond acceptors (Lipinski definition) is 4. The summed E-state index contributed by atoms with van der Waals surface area (Å²) in [6.07, 6.45) is 2.35. The molecule has 6 heteroatoms. The van der Waals surface area contributed by atoms with E-state index in [2.05, 4.69) is 11.4 Å². The lowest BCUT2D eigenvalue weighted by Crippen LogP contribution is -2.09.